The summed E-state index contributed by atoms with van der Waals surface area (Å²) in [7, 11) is 1.79. The summed E-state index contributed by atoms with van der Waals surface area (Å²) < 4.78 is 1.75. The van der Waals surface area contributed by atoms with Gasteiger partial charge in [0.1, 0.15) is 17.5 Å². The first-order valence-corrected chi connectivity index (χ1v) is 10.3. The van der Waals surface area contributed by atoms with Gasteiger partial charge in [0.05, 0.1) is 17.5 Å². The number of hydrogen-bond donors (Lipinski definition) is 3. The molecule has 4 rings (SSSR count). The van der Waals surface area contributed by atoms with Crippen LogP contribution in [0.2, 0.25) is 0 Å². The Balaban J connectivity index is 1.49. The summed E-state index contributed by atoms with van der Waals surface area (Å²) in [6.07, 6.45) is 5.33. The van der Waals surface area contributed by atoms with E-state index in [0.29, 0.717) is 12.1 Å². The highest BCUT2D eigenvalue weighted by Crippen LogP contribution is 2.33. The Morgan fingerprint density at radius 2 is 1.97 bits per heavy atom. The number of carbonyl (C=O) groups excluding carboxylic acids is 2. The minimum absolute atomic E-state index is 0.129. The van der Waals surface area contributed by atoms with Gasteiger partial charge in [-0.3, -0.25) is 9.59 Å². The van der Waals surface area contributed by atoms with Gasteiger partial charge in [0.25, 0.3) is 5.91 Å². The quantitative estimate of drug-likeness (QED) is 0.724. The van der Waals surface area contributed by atoms with E-state index in [9.17, 15) is 20.0 Å². The zero-order valence-corrected chi connectivity index (χ0v) is 16.5. The fraction of sp³-hybridized carbons (Fsp3) is 0.500. The zero-order valence-electron chi connectivity index (χ0n) is 16.5. The van der Waals surface area contributed by atoms with Crippen LogP contribution in [0.25, 0.3) is 10.9 Å². The molecule has 29 heavy (non-hydrogen) atoms. The molecule has 0 radical (unpaired) electrons. The molecule has 152 valence electrons. The third-order valence-electron chi connectivity index (χ3n) is 6.21. The molecule has 0 spiro atoms. The number of fused-ring (bicyclic) bond motifs is 1. The van der Waals surface area contributed by atoms with Crippen molar-refractivity contribution < 1.29 is 14.7 Å². The maximum absolute atomic E-state index is 13.0. The summed E-state index contributed by atoms with van der Waals surface area (Å²) in [5.41, 5.74) is 1.26. The normalized spacial score (nSPS) is 22.6. The van der Waals surface area contributed by atoms with Gasteiger partial charge in [0, 0.05) is 24.5 Å². The molecule has 2 aromatic rings. The number of hydrogen-bond acceptors (Lipinski definition) is 4. The molecular formula is C22H26N4O3. The van der Waals surface area contributed by atoms with E-state index in [1.54, 1.807) is 35.9 Å². The number of benzene rings is 1. The van der Waals surface area contributed by atoms with Gasteiger partial charge in [-0.2, -0.15) is 5.26 Å². The van der Waals surface area contributed by atoms with E-state index < -0.39 is 6.04 Å². The maximum Gasteiger partial charge on any atom is 0.268 e. The Kier molecular flexibility index (Phi) is 5.18. The number of nitrogens with one attached hydrogen (secondary N) is 2. The minimum Gasteiger partial charge on any atom is -0.508 e. The molecule has 2 saturated carbocycles. The van der Waals surface area contributed by atoms with Crippen molar-refractivity contribution in [1.29, 1.82) is 5.26 Å². The van der Waals surface area contributed by atoms with Crippen LogP contribution in [0.5, 0.6) is 5.75 Å². The SMILES string of the molecule is Cn1c(C(=O)N[C@H]2CCCC[C@H]2C(=O)NC(C#N)C2CC2)cc2ccc(O)cc21. The Bertz CT molecular complexity index is 986. The number of phenols is 1. The monoisotopic (exact) mass is 394 g/mol. The molecule has 1 aromatic carbocycles. The Hall–Kier alpha value is -3.01. The van der Waals surface area contributed by atoms with Crippen molar-refractivity contribution in [3.05, 3.63) is 30.0 Å². The van der Waals surface area contributed by atoms with Crippen molar-refractivity contribution in [3.63, 3.8) is 0 Å². The van der Waals surface area contributed by atoms with E-state index in [1.165, 1.54) is 0 Å². The number of aryl methyl sites for hydroxylation is 1. The molecule has 0 saturated heterocycles. The fourth-order valence-electron chi connectivity index (χ4n) is 4.34. The van der Waals surface area contributed by atoms with E-state index in [1.807, 2.05) is 0 Å². The molecule has 2 fully saturated rings. The third-order valence-corrected chi connectivity index (χ3v) is 6.21. The van der Waals surface area contributed by atoms with E-state index in [-0.39, 0.29) is 35.4 Å². The maximum atomic E-state index is 13.0. The minimum atomic E-state index is -0.424. The van der Waals surface area contributed by atoms with Crippen molar-refractivity contribution in [1.82, 2.24) is 15.2 Å². The largest absolute Gasteiger partial charge is 0.508 e. The third kappa shape index (κ3) is 3.93. The lowest BCUT2D eigenvalue weighted by Gasteiger charge is -2.31. The molecule has 0 aliphatic heterocycles. The summed E-state index contributed by atoms with van der Waals surface area (Å²) in [4.78, 5) is 25.8. The zero-order chi connectivity index (χ0) is 20.5. The lowest BCUT2D eigenvalue weighted by atomic mass is 9.83. The molecule has 3 atom stereocenters. The molecule has 1 unspecified atom stereocenters. The summed E-state index contributed by atoms with van der Waals surface area (Å²) in [6, 6.07) is 8.32. The first-order valence-electron chi connectivity index (χ1n) is 10.3. The highest BCUT2D eigenvalue weighted by atomic mass is 16.3. The van der Waals surface area contributed by atoms with Crippen LogP contribution in [-0.2, 0) is 11.8 Å². The molecule has 3 N–H and O–H groups in total. The van der Waals surface area contributed by atoms with Crippen LogP contribution in [0.3, 0.4) is 0 Å². The standard InChI is InChI=1S/C22H26N4O3/c1-26-19-11-15(27)9-8-14(19)10-20(26)22(29)24-17-5-3-2-4-16(17)21(28)25-18(12-23)13-6-7-13/h8-11,13,16-18,27H,2-7H2,1H3,(H,24,29)(H,25,28)/t16-,17+,18?/m1/s1. The van der Waals surface area contributed by atoms with Gasteiger partial charge in [0.15, 0.2) is 0 Å². The lowest BCUT2D eigenvalue weighted by molar-refractivity contribution is -0.127. The average molecular weight is 394 g/mol. The van der Waals surface area contributed by atoms with Crippen molar-refractivity contribution >= 4 is 22.7 Å². The summed E-state index contributed by atoms with van der Waals surface area (Å²) >= 11 is 0. The van der Waals surface area contributed by atoms with Crippen molar-refractivity contribution in [2.75, 3.05) is 0 Å². The molecule has 0 bridgehead atoms. The smallest absolute Gasteiger partial charge is 0.268 e. The van der Waals surface area contributed by atoms with Crippen molar-refractivity contribution in [2.45, 2.75) is 50.6 Å². The molecule has 2 aliphatic carbocycles. The molecular weight excluding hydrogens is 368 g/mol. The van der Waals surface area contributed by atoms with Crippen molar-refractivity contribution in [2.24, 2.45) is 18.9 Å². The second-order valence-corrected chi connectivity index (χ2v) is 8.26. The summed E-state index contributed by atoms with van der Waals surface area (Å²) in [5, 5.41) is 25.8. The van der Waals surface area contributed by atoms with Crippen LogP contribution >= 0.6 is 0 Å². The van der Waals surface area contributed by atoms with Gasteiger partial charge >= 0.3 is 0 Å². The number of rotatable bonds is 5. The van der Waals surface area contributed by atoms with Crippen LogP contribution in [0.4, 0.5) is 0 Å². The second-order valence-electron chi connectivity index (χ2n) is 8.26. The molecule has 1 heterocycles. The van der Waals surface area contributed by atoms with Crippen LogP contribution in [0.15, 0.2) is 24.3 Å². The van der Waals surface area contributed by atoms with Gasteiger partial charge in [-0.05, 0) is 49.8 Å². The van der Waals surface area contributed by atoms with Gasteiger partial charge in [-0.1, -0.05) is 12.8 Å². The Morgan fingerprint density at radius 3 is 2.69 bits per heavy atom. The molecule has 2 aliphatic rings. The second kappa shape index (κ2) is 7.78. The highest BCUT2D eigenvalue weighted by Gasteiger charge is 2.37. The van der Waals surface area contributed by atoms with E-state index in [0.717, 1.165) is 43.0 Å². The van der Waals surface area contributed by atoms with E-state index >= 15 is 0 Å². The predicted molar refractivity (Wildman–Crippen MR) is 108 cm³/mol. The lowest BCUT2D eigenvalue weighted by Crippen LogP contribution is -2.50. The number of aromatic hydroxyl groups is 1. The van der Waals surface area contributed by atoms with E-state index in [4.69, 9.17) is 0 Å². The number of phenolic OH excluding ortho intramolecular Hbond substituents is 1. The Labute approximate surface area is 169 Å². The van der Waals surface area contributed by atoms with Crippen LogP contribution in [-0.4, -0.2) is 33.6 Å². The molecule has 7 nitrogen and oxygen atoms in total. The molecule has 1 aromatic heterocycles. The van der Waals surface area contributed by atoms with E-state index in [2.05, 4.69) is 16.7 Å². The van der Waals surface area contributed by atoms with Gasteiger partial charge in [-0.25, -0.2) is 0 Å². The van der Waals surface area contributed by atoms with Crippen LogP contribution < -0.4 is 10.6 Å². The molecule has 7 heteroatoms. The fourth-order valence-corrected chi connectivity index (χ4v) is 4.34. The van der Waals surface area contributed by atoms with Crippen LogP contribution in [0, 0.1) is 23.2 Å². The van der Waals surface area contributed by atoms with Gasteiger partial charge in [0.2, 0.25) is 5.91 Å². The number of nitrogens with zero attached hydrogens (tertiary/aromatic N) is 2. The molecule has 2 amide bonds. The van der Waals surface area contributed by atoms with Crippen LogP contribution in [0.1, 0.15) is 49.0 Å². The number of carbonyl (C=O) groups is 2. The number of aromatic nitrogens is 1. The van der Waals surface area contributed by atoms with Gasteiger partial charge < -0.3 is 20.3 Å². The summed E-state index contributed by atoms with van der Waals surface area (Å²) in [6.45, 7) is 0. The predicted octanol–water partition coefficient (Wildman–Crippen LogP) is 2.59. The van der Waals surface area contributed by atoms with Crippen molar-refractivity contribution in [3.8, 4) is 11.8 Å². The highest BCUT2D eigenvalue weighted by molar-refractivity contribution is 5.99. The van der Waals surface area contributed by atoms with Gasteiger partial charge in [-0.15, -0.1) is 0 Å². The number of nitriles is 1. The number of amides is 2. The average Bonchev–Trinajstić information content (AvgIpc) is 3.51. The first-order chi connectivity index (χ1) is 14.0. The topological polar surface area (TPSA) is 107 Å². The Morgan fingerprint density at radius 1 is 1.21 bits per heavy atom. The first kappa shape index (κ1) is 19.3. The summed E-state index contributed by atoms with van der Waals surface area (Å²) in [5.74, 6) is -0.256.